The number of hydrogen-bond acceptors (Lipinski definition) is 6. The minimum atomic E-state index is -0.493. The van der Waals surface area contributed by atoms with Crippen LogP contribution < -0.4 is 21.1 Å². The number of benzene rings is 2. The number of anilines is 5. The molecule has 8 heteroatoms. The number of nitrogens with zero attached hydrogens (tertiary/aromatic N) is 2. The van der Waals surface area contributed by atoms with Crippen LogP contribution >= 0.6 is 11.6 Å². The molecule has 3 rings (SSSR count). The predicted molar refractivity (Wildman–Crippen MR) is 111 cm³/mol. The molecule has 146 valence electrons. The van der Waals surface area contributed by atoms with Crippen molar-refractivity contribution in [3.05, 3.63) is 59.6 Å². The first-order valence-electron chi connectivity index (χ1n) is 8.89. The molecule has 0 saturated carbocycles. The number of nitrogen functional groups attached to an aromatic ring is 1. The van der Waals surface area contributed by atoms with E-state index in [0.29, 0.717) is 29.6 Å². The molecule has 1 aromatic heterocycles. The highest BCUT2D eigenvalue weighted by Crippen LogP contribution is 2.30. The van der Waals surface area contributed by atoms with E-state index in [1.807, 2.05) is 24.3 Å². The van der Waals surface area contributed by atoms with E-state index < -0.39 is 5.82 Å². The number of halogens is 2. The molecule has 0 fully saturated rings. The molecule has 0 aliphatic rings. The van der Waals surface area contributed by atoms with Crippen LogP contribution in [0.25, 0.3) is 0 Å². The summed E-state index contributed by atoms with van der Waals surface area (Å²) in [6.07, 6.45) is 3.49. The van der Waals surface area contributed by atoms with Gasteiger partial charge in [-0.25, -0.2) is 14.4 Å². The molecule has 0 radical (unpaired) electrons. The van der Waals surface area contributed by atoms with Gasteiger partial charge < -0.3 is 21.1 Å². The molecule has 0 unspecified atom stereocenters. The molecule has 4 N–H and O–H groups in total. The van der Waals surface area contributed by atoms with Crippen molar-refractivity contribution in [3.8, 4) is 5.75 Å². The second-order valence-electron chi connectivity index (χ2n) is 6.09. The van der Waals surface area contributed by atoms with Crippen molar-refractivity contribution < 1.29 is 9.13 Å². The molecule has 0 aliphatic carbocycles. The van der Waals surface area contributed by atoms with Gasteiger partial charge in [-0.3, -0.25) is 0 Å². The Morgan fingerprint density at radius 3 is 2.32 bits per heavy atom. The van der Waals surface area contributed by atoms with Crippen LogP contribution in [0.1, 0.15) is 19.8 Å². The van der Waals surface area contributed by atoms with Gasteiger partial charge in [0.2, 0.25) is 0 Å². The molecule has 2 aromatic carbocycles. The van der Waals surface area contributed by atoms with E-state index in [1.165, 1.54) is 18.5 Å². The standard InChI is InChI=1S/C20H21ClFN5O/c1-2-3-10-28-15-7-4-13(5-8-15)26-19-18(23)20(25-12-24-19)27-14-6-9-17(22)16(21)11-14/h4-9,11-12H,2-3,10,23H2,1H3,(H2,24,25,26,27). The van der Waals surface area contributed by atoms with Gasteiger partial charge in [-0.05, 0) is 48.9 Å². The summed E-state index contributed by atoms with van der Waals surface area (Å²) in [6.45, 7) is 2.82. The Morgan fingerprint density at radius 2 is 1.68 bits per heavy atom. The van der Waals surface area contributed by atoms with Crippen molar-refractivity contribution in [1.82, 2.24) is 9.97 Å². The second kappa shape index (κ2) is 9.23. The first kappa shape index (κ1) is 19.7. The van der Waals surface area contributed by atoms with E-state index in [0.717, 1.165) is 24.3 Å². The van der Waals surface area contributed by atoms with Gasteiger partial charge in [-0.1, -0.05) is 24.9 Å². The van der Waals surface area contributed by atoms with Crippen molar-refractivity contribution in [2.75, 3.05) is 23.0 Å². The molecule has 0 aliphatic heterocycles. The number of nitrogens with two attached hydrogens (primary N) is 1. The molecule has 0 bridgehead atoms. The smallest absolute Gasteiger partial charge is 0.159 e. The van der Waals surface area contributed by atoms with Gasteiger partial charge in [-0.2, -0.15) is 0 Å². The summed E-state index contributed by atoms with van der Waals surface area (Å²) in [4.78, 5) is 8.33. The van der Waals surface area contributed by atoms with Crippen LogP contribution in [-0.2, 0) is 0 Å². The molecular weight excluding hydrogens is 381 g/mol. The summed E-state index contributed by atoms with van der Waals surface area (Å²) < 4.78 is 19.0. The number of hydrogen-bond donors (Lipinski definition) is 3. The van der Waals surface area contributed by atoms with Gasteiger partial charge >= 0.3 is 0 Å². The maximum atomic E-state index is 13.3. The van der Waals surface area contributed by atoms with E-state index in [4.69, 9.17) is 22.1 Å². The van der Waals surface area contributed by atoms with E-state index in [9.17, 15) is 4.39 Å². The summed E-state index contributed by atoms with van der Waals surface area (Å²) in [5.41, 5.74) is 7.88. The Hall–Kier alpha value is -3.06. The maximum absolute atomic E-state index is 13.3. The lowest BCUT2D eigenvalue weighted by molar-refractivity contribution is 0.309. The van der Waals surface area contributed by atoms with Crippen LogP contribution in [0, 0.1) is 5.82 Å². The Labute approximate surface area is 167 Å². The maximum Gasteiger partial charge on any atom is 0.159 e. The van der Waals surface area contributed by atoms with Crippen LogP contribution in [0.5, 0.6) is 5.75 Å². The van der Waals surface area contributed by atoms with E-state index in [1.54, 1.807) is 6.07 Å². The lowest BCUT2D eigenvalue weighted by Crippen LogP contribution is -2.05. The van der Waals surface area contributed by atoms with Gasteiger partial charge in [-0.15, -0.1) is 0 Å². The predicted octanol–water partition coefficient (Wildman–Crippen LogP) is 5.52. The Morgan fingerprint density at radius 1 is 1.04 bits per heavy atom. The number of nitrogens with one attached hydrogen (secondary N) is 2. The largest absolute Gasteiger partial charge is 0.494 e. The van der Waals surface area contributed by atoms with Gasteiger partial charge in [0.25, 0.3) is 0 Å². The zero-order valence-electron chi connectivity index (χ0n) is 15.4. The fourth-order valence-electron chi connectivity index (χ4n) is 2.41. The summed E-state index contributed by atoms with van der Waals surface area (Å²) in [7, 11) is 0. The normalized spacial score (nSPS) is 10.5. The second-order valence-corrected chi connectivity index (χ2v) is 6.50. The van der Waals surface area contributed by atoms with Crippen molar-refractivity contribution in [2.45, 2.75) is 19.8 Å². The minimum absolute atomic E-state index is 0.0113. The molecule has 3 aromatic rings. The molecule has 0 spiro atoms. The molecule has 0 saturated heterocycles. The van der Waals surface area contributed by atoms with Crippen LogP contribution in [0.4, 0.5) is 33.1 Å². The third-order valence-electron chi connectivity index (χ3n) is 3.95. The highest BCUT2D eigenvalue weighted by atomic mass is 35.5. The highest BCUT2D eigenvalue weighted by Gasteiger charge is 2.10. The average Bonchev–Trinajstić information content (AvgIpc) is 2.69. The van der Waals surface area contributed by atoms with Crippen molar-refractivity contribution >= 4 is 40.3 Å². The average molecular weight is 402 g/mol. The van der Waals surface area contributed by atoms with Crippen LogP contribution in [0.2, 0.25) is 5.02 Å². The lowest BCUT2D eigenvalue weighted by atomic mass is 10.3. The SMILES string of the molecule is CCCCOc1ccc(Nc2ncnc(Nc3ccc(F)c(Cl)c3)c2N)cc1. The highest BCUT2D eigenvalue weighted by molar-refractivity contribution is 6.31. The zero-order chi connectivity index (χ0) is 19.9. The molecule has 28 heavy (non-hydrogen) atoms. The topological polar surface area (TPSA) is 85.1 Å². The Kier molecular flexibility index (Phi) is 6.49. The van der Waals surface area contributed by atoms with Crippen molar-refractivity contribution in [2.24, 2.45) is 0 Å². The summed E-state index contributed by atoms with van der Waals surface area (Å²) >= 11 is 5.81. The van der Waals surface area contributed by atoms with Crippen molar-refractivity contribution in [3.63, 3.8) is 0 Å². The van der Waals surface area contributed by atoms with E-state index in [2.05, 4.69) is 27.5 Å². The summed E-state index contributed by atoms with van der Waals surface area (Å²) in [5.74, 6) is 1.16. The van der Waals surface area contributed by atoms with E-state index in [-0.39, 0.29) is 5.02 Å². The number of rotatable bonds is 8. The molecule has 6 nitrogen and oxygen atoms in total. The summed E-state index contributed by atoms with van der Waals surface area (Å²) in [5, 5.41) is 6.18. The molecular formula is C20H21ClFN5O. The first-order valence-corrected chi connectivity index (χ1v) is 9.27. The fraction of sp³-hybridized carbons (Fsp3) is 0.200. The number of aromatic nitrogens is 2. The Balaban J connectivity index is 1.71. The number of ether oxygens (including phenoxy) is 1. The van der Waals surface area contributed by atoms with Crippen LogP contribution in [-0.4, -0.2) is 16.6 Å². The Bertz CT molecular complexity index is 936. The third-order valence-corrected chi connectivity index (χ3v) is 4.24. The summed E-state index contributed by atoms with van der Waals surface area (Å²) in [6, 6.07) is 11.8. The fourth-order valence-corrected chi connectivity index (χ4v) is 2.59. The number of unbranched alkanes of at least 4 members (excludes halogenated alkanes) is 1. The van der Waals surface area contributed by atoms with Crippen LogP contribution in [0.15, 0.2) is 48.8 Å². The van der Waals surface area contributed by atoms with E-state index >= 15 is 0 Å². The van der Waals surface area contributed by atoms with Crippen LogP contribution in [0.3, 0.4) is 0 Å². The van der Waals surface area contributed by atoms with Gasteiger partial charge in [0.1, 0.15) is 23.6 Å². The minimum Gasteiger partial charge on any atom is -0.494 e. The van der Waals surface area contributed by atoms with Crippen molar-refractivity contribution in [1.29, 1.82) is 0 Å². The van der Waals surface area contributed by atoms with Gasteiger partial charge in [0.05, 0.1) is 11.6 Å². The quantitative estimate of drug-likeness (QED) is 0.431. The zero-order valence-corrected chi connectivity index (χ0v) is 16.1. The monoisotopic (exact) mass is 401 g/mol. The third kappa shape index (κ3) is 5.01. The molecule has 1 heterocycles. The first-order chi connectivity index (χ1) is 13.6. The van der Waals surface area contributed by atoms with Gasteiger partial charge in [0.15, 0.2) is 11.6 Å². The molecule has 0 amide bonds. The molecule has 0 atom stereocenters. The van der Waals surface area contributed by atoms with Gasteiger partial charge in [0, 0.05) is 11.4 Å². The lowest BCUT2D eigenvalue weighted by Gasteiger charge is -2.13.